The number of thioether (sulfide) groups is 1. The van der Waals surface area contributed by atoms with Crippen molar-refractivity contribution in [1.29, 1.82) is 0 Å². The van der Waals surface area contributed by atoms with E-state index in [1.54, 1.807) is 18.3 Å². The first-order valence-corrected chi connectivity index (χ1v) is 16.1. The fourth-order valence-corrected chi connectivity index (χ4v) is 5.27. The number of nitrogens with zero attached hydrogens (tertiary/aromatic N) is 1. The van der Waals surface area contributed by atoms with Crippen LogP contribution < -0.4 is 33.2 Å². The third-order valence-corrected chi connectivity index (χ3v) is 7.91. The zero-order valence-electron chi connectivity index (χ0n) is 25.6. The van der Waals surface area contributed by atoms with E-state index in [-0.39, 0.29) is 43.9 Å². The fraction of sp³-hybridized carbons (Fsp3) is 0.387. The first-order valence-electron chi connectivity index (χ1n) is 14.7. The normalized spacial score (nSPS) is 13.6. The van der Waals surface area contributed by atoms with Crippen LogP contribution >= 0.6 is 11.8 Å². The predicted octanol–water partition coefficient (Wildman–Crippen LogP) is 0.332. The van der Waals surface area contributed by atoms with Gasteiger partial charge in [-0.15, -0.1) is 0 Å². The van der Waals surface area contributed by atoms with Gasteiger partial charge in [-0.1, -0.05) is 30.3 Å². The number of carbonyl (C=O) groups is 4. The molecule has 1 heterocycles. The Morgan fingerprint density at radius 2 is 1.54 bits per heavy atom. The number of H-pyrrole nitrogens is 1. The third-order valence-electron chi connectivity index (χ3n) is 7.26. The van der Waals surface area contributed by atoms with Crippen molar-refractivity contribution in [3.63, 3.8) is 0 Å². The molecule has 3 aromatic rings. The number of aliphatic carboxylic acids is 1. The van der Waals surface area contributed by atoms with Crippen LogP contribution in [-0.2, 0) is 32.0 Å². The van der Waals surface area contributed by atoms with Crippen LogP contribution in [0, 0.1) is 0 Å². The van der Waals surface area contributed by atoms with Gasteiger partial charge in [0.25, 0.3) is 0 Å². The van der Waals surface area contributed by atoms with E-state index < -0.39 is 47.9 Å². The van der Waals surface area contributed by atoms with Crippen LogP contribution in [-0.4, -0.2) is 87.6 Å². The van der Waals surface area contributed by atoms with Crippen molar-refractivity contribution in [2.24, 2.45) is 22.2 Å². The van der Waals surface area contributed by atoms with Crippen LogP contribution in [0.2, 0.25) is 0 Å². The Kier molecular flexibility index (Phi) is 13.7. The minimum Gasteiger partial charge on any atom is -0.508 e. The number of benzene rings is 2. The van der Waals surface area contributed by atoms with Crippen molar-refractivity contribution < 1.29 is 29.4 Å². The summed E-state index contributed by atoms with van der Waals surface area (Å²) in [5, 5.41) is 28.1. The summed E-state index contributed by atoms with van der Waals surface area (Å²) in [5.41, 5.74) is 19.2. The molecule has 12 N–H and O–H groups in total. The van der Waals surface area contributed by atoms with Gasteiger partial charge < -0.3 is 48.3 Å². The number of amides is 3. The molecule has 0 saturated heterocycles. The van der Waals surface area contributed by atoms with Gasteiger partial charge in [0.15, 0.2) is 5.96 Å². The second-order valence-corrected chi connectivity index (χ2v) is 11.8. The quantitative estimate of drug-likeness (QED) is 0.0516. The second kappa shape index (κ2) is 17.7. The highest BCUT2D eigenvalue weighted by molar-refractivity contribution is 7.98. The monoisotopic (exact) mass is 654 g/mol. The summed E-state index contributed by atoms with van der Waals surface area (Å²) < 4.78 is 0. The van der Waals surface area contributed by atoms with Gasteiger partial charge in [-0.3, -0.25) is 19.4 Å². The van der Waals surface area contributed by atoms with Gasteiger partial charge in [-0.25, -0.2) is 4.79 Å². The summed E-state index contributed by atoms with van der Waals surface area (Å²) >= 11 is 1.46. The smallest absolute Gasteiger partial charge is 0.326 e. The van der Waals surface area contributed by atoms with Crippen LogP contribution in [0.25, 0.3) is 10.9 Å². The Morgan fingerprint density at radius 3 is 2.22 bits per heavy atom. The number of hydrogen-bond acceptors (Lipinski definition) is 8. The van der Waals surface area contributed by atoms with Crippen molar-refractivity contribution in [2.75, 3.05) is 18.6 Å². The van der Waals surface area contributed by atoms with Crippen molar-refractivity contribution in [3.05, 3.63) is 65.9 Å². The Bertz CT molecular complexity index is 1510. The number of phenols is 1. The SMILES string of the molecule is CSCCC(NC(=O)C(Cc1c[nH]c2ccccc12)NC(=O)C(N)Cc1ccc(O)cc1)C(=O)NC(CCCN=C(N)N)C(=O)O. The standard InChI is InChI=1S/C31H42N8O6S/c1-46-14-12-24(28(42)38-25(30(44)45)7-4-13-35-31(33)34)37-29(43)26(16-19-17-36-23-6-3-2-5-21(19)23)39-27(41)22(32)15-18-8-10-20(40)11-9-18/h2-3,5-6,8-11,17,22,24-26,36,40H,4,7,12-16,32H2,1H3,(H,37,43)(H,38,42)(H,39,41)(H,44,45)(H4,33,34,35). The van der Waals surface area contributed by atoms with Crippen LogP contribution in [0.15, 0.2) is 59.7 Å². The number of nitrogens with two attached hydrogens (primary N) is 3. The number of phenolic OH excluding ortho intramolecular Hbond substituents is 1. The van der Waals surface area contributed by atoms with E-state index in [9.17, 15) is 29.4 Å². The molecule has 15 heteroatoms. The zero-order chi connectivity index (χ0) is 33.6. The molecule has 0 bridgehead atoms. The first kappa shape index (κ1) is 35.7. The number of carbonyl (C=O) groups excluding carboxylic acids is 3. The number of hydrogen-bond donors (Lipinski definition) is 9. The number of guanidine groups is 1. The van der Waals surface area contributed by atoms with E-state index in [4.69, 9.17) is 17.2 Å². The maximum atomic E-state index is 13.8. The van der Waals surface area contributed by atoms with Crippen LogP contribution in [0.4, 0.5) is 0 Å². The largest absolute Gasteiger partial charge is 0.508 e. The maximum absolute atomic E-state index is 13.8. The van der Waals surface area contributed by atoms with Gasteiger partial charge in [0, 0.05) is 30.1 Å². The number of para-hydroxylation sites is 1. The average Bonchev–Trinajstić information content (AvgIpc) is 3.43. The molecule has 46 heavy (non-hydrogen) atoms. The van der Waals surface area contributed by atoms with Crippen molar-refractivity contribution in [2.45, 2.75) is 56.3 Å². The number of carboxylic acid groups (broad SMARTS) is 1. The molecule has 0 spiro atoms. The molecule has 0 aliphatic rings. The predicted molar refractivity (Wildman–Crippen MR) is 178 cm³/mol. The summed E-state index contributed by atoms with van der Waals surface area (Å²) in [6.45, 7) is 0.193. The molecule has 3 amide bonds. The van der Waals surface area contributed by atoms with Gasteiger partial charge in [-0.05, 0) is 67.0 Å². The fourth-order valence-electron chi connectivity index (χ4n) is 4.80. The summed E-state index contributed by atoms with van der Waals surface area (Å²) in [4.78, 5) is 59.2. The number of nitrogens with one attached hydrogen (secondary N) is 4. The Balaban J connectivity index is 1.79. The molecule has 4 unspecified atom stereocenters. The van der Waals surface area contributed by atoms with Crippen LogP contribution in [0.5, 0.6) is 5.75 Å². The topological polar surface area (TPSA) is 251 Å². The summed E-state index contributed by atoms with van der Waals surface area (Å²) in [6.07, 6.45) is 4.44. The number of aromatic amines is 1. The van der Waals surface area contributed by atoms with Gasteiger partial charge >= 0.3 is 5.97 Å². The van der Waals surface area contributed by atoms with Gasteiger partial charge in [0.2, 0.25) is 17.7 Å². The van der Waals surface area contributed by atoms with Crippen LogP contribution in [0.3, 0.4) is 0 Å². The van der Waals surface area contributed by atoms with E-state index in [2.05, 4.69) is 25.9 Å². The molecule has 1 aromatic heterocycles. The molecule has 248 valence electrons. The molecule has 0 saturated carbocycles. The first-order chi connectivity index (χ1) is 22.0. The van der Waals surface area contributed by atoms with Crippen molar-refractivity contribution >= 4 is 52.3 Å². The summed E-state index contributed by atoms with van der Waals surface area (Å²) in [6, 6.07) is 9.38. The number of aliphatic imine (C=N–C) groups is 1. The molecular formula is C31H42N8O6S. The molecular weight excluding hydrogens is 612 g/mol. The maximum Gasteiger partial charge on any atom is 0.326 e. The highest BCUT2D eigenvalue weighted by Crippen LogP contribution is 2.20. The highest BCUT2D eigenvalue weighted by Gasteiger charge is 2.31. The lowest BCUT2D eigenvalue weighted by Crippen LogP contribution is -2.58. The molecule has 2 aromatic carbocycles. The lowest BCUT2D eigenvalue weighted by molar-refractivity contribution is -0.142. The summed E-state index contributed by atoms with van der Waals surface area (Å²) in [7, 11) is 0. The van der Waals surface area contributed by atoms with E-state index in [1.165, 1.54) is 23.9 Å². The second-order valence-electron chi connectivity index (χ2n) is 10.8. The lowest BCUT2D eigenvalue weighted by Gasteiger charge is -2.25. The highest BCUT2D eigenvalue weighted by atomic mass is 32.2. The molecule has 0 aliphatic carbocycles. The molecule has 0 fully saturated rings. The number of aromatic nitrogens is 1. The summed E-state index contributed by atoms with van der Waals surface area (Å²) in [5.74, 6) is -2.65. The van der Waals surface area contributed by atoms with Crippen molar-refractivity contribution in [3.8, 4) is 5.75 Å². The third kappa shape index (κ3) is 11.0. The van der Waals surface area contributed by atoms with Crippen LogP contribution in [0.1, 0.15) is 30.4 Å². The van der Waals surface area contributed by atoms with Gasteiger partial charge in [0.1, 0.15) is 23.9 Å². The van der Waals surface area contributed by atoms with Gasteiger partial charge in [-0.2, -0.15) is 11.8 Å². The molecule has 3 rings (SSSR count). The minimum absolute atomic E-state index is 0.0687. The Morgan fingerprint density at radius 1 is 0.891 bits per heavy atom. The van der Waals surface area contributed by atoms with E-state index in [0.717, 1.165) is 22.0 Å². The lowest BCUT2D eigenvalue weighted by atomic mass is 10.0. The number of fused-ring (bicyclic) bond motifs is 1. The molecule has 0 aliphatic heterocycles. The average molecular weight is 655 g/mol. The molecule has 0 radical (unpaired) electrons. The Labute approximate surface area is 271 Å². The zero-order valence-corrected chi connectivity index (χ0v) is 26.4. The number of carboxylic acids is 1. The minimum atomic E-state index is -1.24. The number of aromatic hydroxyl groups is 1. The number of rotatable bonds is 18. The van der Waals surface area contributed by atoms with E-state index in [0.29, 0.717) is 12.2 Å². The molecule has 4 atom stereocenters. The Hall–Kier alpha value is -4.76. The van der Waals surface area contributed by atoms with Gasteiger partial charge in [0.05, 0.1) is 6.04 Å². The van der Waals surface area contributed by atoms with E-state index >= 15 is 0 Å². The van der Waals surface area contributed by atoms with E-state index in [1.807, 2.05) is 30.5 Å². The van der Waals surface area contributed by atoms with Crippen molar-refractivity contribution in [1.82, 2.24) is 20.9 Å². The molecule has 14 nitrogen and oxygen atoms in total.